The van der Waals surface area contributed by atoms with Gasteiger partial charge in [-0.1, -0.05) is 71.7 Å². The highest BCUT2D eigenvalue weighted by atomic mass is 16.5. The molecule has 2 bridgehead atoms. The molecule has 9 nitrogen and oxygen atoms in total. The van der Waals surface area contributed by atoms with E-state index < -0.39 is 29.6 Å². The van der Waals surface area contributed by atoms with E-state index in [1.807, 2.05) is 36.4 Å². The van der Waals surface area contributed by atoms with Gasteiger partial charge in [0.2, 0.25) is 17.7 Å². The van der Waals surface area contributed by atoms with Gasteiger partial charge in [0.05, 0.1) is 17.9 Å². The molecule has 4 aliphatic heterocycles. The van der Waals surface area contributed by atoms with Crippen molar-refractivity contribution in [3.8, 4) is 0 Å². The second-order valence-electron chi connectivity index (χ2n) is 14.5. The van der Waals surface area contributed by atoms with E-state index in [4.69, 9.17) is 4.74 Å². The Labute approximate surface area is 269 Å². The number of likely N-dealkylation sites (N-methyl/N-ethyl adjacent to an activating group) is 1. The standard InChI is InChI=1S/C36H53N5O4/c1-6-39-19-21-40(22-20-39)17-8-18-41-32(34(43)38-28-10-7-9-24(4)25(28)5)36-16-15-29(45-36)30(31(36)35(41)44)33(42)37-27-13-11-26(12-14-27)23(2)3/h11-16,23-25,28-32H,6-10,17-22H2,1-5H3,(H,37,42)(H,38,43)/t24-,25-,28+,29-,30+,31-,32-,36-/m0/s1. The summed E-state index contributed by atoms with van der Waals surface area (Å²) >= 11 is 0. The fraction of sp³-hybridized carbons (Fsp3) is 0.694. The van der Waals surface area contributed by atoms with Gasteiger partial charge < -0.3 is 30.1 Å². The van der Waals surface area contributed by atoms with Crippen molar-refractivity contribution < 1.29 is 19.1 Å². The van der Waals surface area contributed by atoms with Crippen LogP contribution in [0.1, 0.15) is 71.8 Å². The SMILES string of the molecule is CCN1CCN(CCCN2C(=O)[C@@H]3[C@H](C(=O)Nc4ccc(C(C)C)cc4)[C@@H]4C=C[C@@]3(O4)[C@@H]2C(=O)N[C@@H]2CCC[C@H](C)[C@@H]2C)CC1. The predicted molar refractivity (Wildman–Crippen MR) is 176 cm³/mol. The summed E-state index contributed by atoms with van der Waals surface area (Å²) < 4.78 is 6.59. The molecule has 1 spiro atoms. The highest BCUT2D eigenvalue weighted by Gasteiger charge is 2.72. The molecule has 4 heterocycles. The Morgan fingerprint density at radius 1 is 1.00 bits per heavy atom. The molecule has 8 atom stereocenters. The maximum Gasteiger partial charge on any atom is 0.246 e. The number of likely N-dealkylation sites (tertiary alicyclic amines) is 1. The van der Waals surface area contributed by atoms with E-state index in [0.29, 0.717) is 30.0 Å². The van der Waals surface area contributed by atoms with Gasteiger partial charge in [-0.25, -0.2) is 0 Å². The van der Waals surface area contributed by atoms with Crippen molar-refractivity contribution in [1.29, 1.82) is 0 Å². The number of piperazine rings is 1. The summed E-state index contributed by atoms with van der Waals surface area (Å²) in [6.07, 6.45) is 7.26. The van der Waals surface area contributed by atoms with Crippen molar-refractivity contribution in [2.75, 3.05) is 51.1 Å². The first-order valence-electron chi connectivity index (χ1n) is 17.5. The number of hydrogen-bond acceptors (Lipinski definition) is 6. The molecule has 3 saturated heterocycles. The second-order valence-corrected chi connectivity index (χ2v) is 14.5. The number of amides is 3. The summed E-state index contributed by atoms with van der Waals surface area (Å²) in [5, 5.41) is 6.43. The van der Waals surface area contributed by atoms with Crippen LogP contribution < -0.4 is 10.6 Å². The lowest BCUT2D eigenvalue weighted by Gasteiger charge is -2.38. The van der Waals surface area contributed by atoms with E-state index in [-0.39, 0.29) is 23.8 Å². The highest BCUT2D eigenvalue weighted by Crippen LogP contribution is 2.55. The molecular formula is C36H53N5O4. The van der Waals surface area contributed by atoms with E-state index in [1.165, 1.54) is 12.0 Å². The Morgan fingerprint density at radius 3 is 2.40 bits per heavy atom. The van der Waals surface area contributed by atoms with Crippen LogP contribution in [0.2, 0.25) is 0 Å². The molecule has 1 saturated carbocycles. The van der Waals surface area contributed by atoms with Crippen LogP contribution >= 0.6 is 0 Å². The van der Waals surface area contributed by atoms with Crippen molar-refractivity contribution in [1.82, 2.24) is 20.0 Å². The van der Waals surface area contributed by atoms with Gasteiger partial charge in [0, 0.05) is 44.5 Å². The number of fused-ring (bicyclic) bond motifs is 1. The van der Waals surface area contributed by atoms with Crippen LogP contribution in [0, 0.1) is 23.7 Å². The summed E-state index contributed by atoms with van der Waals surface area (Å²) in [7, 11) is 0. The monoisotopic (exact) mass is 619 g/mol. The van der Waals surface area contributed by atoms with E-state index in [1.54, 1.807) is 4.90 Å². The smallest absolute Gasteiger partial charge is 0.246 e. The zero-order valence-corrected chi connectivity index (χ0v) is 27.8. The van der Waals surface area contributed by atoms with Gasteiger partial charge in [-0.2, -0.15) is 0 Å². The summed E-state index contributed by atoms with van der Waals surface area (Å²) in [5.41, 5.74) is 0.763. The predicted octanol–water partition coefficient (Wildman–Crippen LogP) is 3.87. The average Bonchev–Trinajstić information content (AvgIpc) is 3.67. The number of anilines is 1. The van der Waals surface area contributed by atoms with Crippen molar-refractivity contribution in [3.63, 3.8) is 0 Å². The Kier molecular flexibility index (Phi) is 9.42. The first-order valence-corrected chi connectivity index (χ1v) is 17.5. The number of rotatable bonds is 10. The zero-order valence-electron chi connectivity index (χ0n) is 27.8. The largest absolute Gasteiger partial charge is 0.359 e. The molecule has 3 amide bonds. The molecule has 1 aromatic rings. The third kappa shape index (κ3) is 6.08. The van der Waals surface area contributed by atoms with Crippen LogP contribution in [0.15, 0.2) is 36.4 Å². The van der Waals surface area contributed by atoms with Gasteiger partial charge in [-0.05, 0) is 61.4 Å². The fourth-order valence-electron chi connectivity index (χ4n) is 8.53. The van der Waals surface area contributed by atoms with E-state index in [0.717, 1.165) is 58.5 Å². The molecule has 0 aromatic heterocycles. The maximum absolute atomic E-state index is 14.4. The highest BCUT2D eigenvalue weighted by molar-refractivity contribution is 6.02. The minimum atomic E-state index is -1.13. The Hall–Kier alpha value is -2.75. The molecule has 1 aliphatic carbocycles. The van der Waals surface area contributed by atoms with Gasteiger partial charge in [-0.15, -0.1) is 0 Å². The first-order chi connectivity index (χ1) is 21.6. The van der Waals surface area contributed by atoms with Gasteiger partial charge in [0.25, 0.3) is 0 Å². The molecule has 4 fully saturated rings. The summed E-state index contributed by atoms with van der Waals surface area (Å²) in [6.45, 7) is 17.5. The van der Waals surface area contributed by atoms with Crippen LogP contribution in [0.4, 0.5) is 5.69 Å². The number of carbonyl (C=O) groups excluding carboxylic acids is 3. The lowest BCUT2D eigenvalue weighted by Crippen LogP contribution is -2.58. The lowest BCUT2D eigenvalue weighted by atomic mass is 9.73. The van der Waals surface area contributed by atoms with Crippen LogP contribution in [-0.4, -0.2) is 102 Å². The first kappa shape index (κ1) is 32.2. The number of ether oxygens (including phenoxy) is 1. The molecule has 2 N–H and O–H groups in total. The van der Waals surface area contributed by atoms with Crippen LogP contribution in [-0.2, 0) is 19.1 Å². The quantitative estimate of drug-likeness (QED) is 0.387. The summed E-state index contributed by atoms with van der Waals surface area (Å²) in [5.74, 6) is -0.651. The number of benzene rings is 1. The van der Waals surface area contributed by atoms with Gasteiger partial charge in [0.1, 0.15) is 11.6 Å². The number of hydrogen-bond donors (Lipinski definition) is 2. The summed E-state index contributed by atoms with van der Waals surface area (Å²) in [6, 6.07) is 7.16. The number of nitrogens with one attached hydrogen (secondary N) is 2. The minimum Gasteiger partial charge on any atom is -0.359 e. The van der Waals surface area contributed by atoms with Crippen LogP contribution in [0.3, 0.4) is 0 Å². The molecule has 246 valence electrons. The topological polar surface area (TPSA) is 94.2 Å². The summed E-state index contributed by atoms with van der Waals surface area (Å²) in [4.78, 5) is 49.2. The maximum atomic E-state index is 14.4. The molecule has 0 unspecified atom stereocenters. The molecule has 1 aromatic carbocycles. The Morgan fingerprint density at radius 2 is 1.71 bits per heavy atom. The van der Waals surface area contributed by atoms with Crippen molar-refractivity contribution in [3.05, 3.63) is 42.0 Å². The number of carbonyl (C=O) groups is 3. The molecule has 0 radical (unpaired) electrons. The third-order valence-corrected chi connectivity index (χ3v) is 11.6. The normalized spacial score (nSPS) is 34.8. The zero-order chi connectivity index (χ0) is 31.9. The van der Waals surface area contributed by atoms with E-state index in [2.05, 4.69) is 55.1 Å². The van der Waals surface area contributed by atoms with E-state index in [9.17, 15) is 14.4 Å². The van der Waals surface area contributed by atoms with Gasteiger partial charge in [-0.3, -0.25) is 14.4 Å². The second kappa shape index (κ2) is 13.2. The Bertz CT molecular complexity index is 1270. The number of nitrogens with zero attached hydrogens (tertiary/aromatic N) is 3. The van der Waals surface area contributed by atoms with Crippen LogP contribution in [0.25, 0.3) is 0 Å². The molecule has 5 aliphatic rings. The Balaban J connectivity index is 1.21. The third-order valence-electron chi connectivity index (χ3n) is 11.6. The molecule has 9 heteroatoms. The fourth-order valence-corrected chi connectivity index (χ4v) is 8.53. The van der Waals surface area contributed by atoms with Crippen LogP contribution in [0.5, 0.6) is 0 Å². The minimum absolute atomic E-state index is 0.0685. The van der Waals surface area contributed by atoms with Crippen molar-refractivity contribution >= 4 is 23.4 Å². The average molecular weight is 620 g/mol. The van der Waals surface area contributed by atoms with Gasteiger partial charge >= 0.3 is 0 Å². The van der Waals surface area contributed by atoms with E-state index >= 15 is 0 Å². The molecular weight excluding hydrogens is 566 g/mol. The molecule has 6 rings (SSSR count). The molecule has 45 heavy (non-hydrogen) atoms. The van der Waals surface area contributed by atoms with Gasteiger partial charge in [0.15, 0.2) is 0 Å². The van der Waals surface area contributed by atoms with Crippen molar-refractivity contribution in [2.45, 2.75) is 90.0 Å². The van der Waals surface area contributed by atoms with Crippen molar-refractivity contribution in [2.24, 2.45) is 23.7 Å². The lowest BCUT2D eigenvalue weighted by molar-refractivity contribution is -0.141.